The van der Waals surface area contributed by atoms with Crippen LogP contribution in [0, 0.1) is 0 Å². The van der Waals surface area contributed by atoms with Gasteiger partial charge in [-0.05, 0) is 31.8 Å². The van der Waals surface area contributed by atoms with Gasteiger partial charge < -0.3 is 4.43 Å². The number of carbonyl (C=O) groups excluding carboxylic acids is 1. The standard InChI is InChI=1S/C12H18O2Si/c1-5-11(13)10-8-6-7-9-12(10)14-15(2,3)4/h6-9H,5H2,1-4H3. The molecule has 15 heavy (non-hydrogen) atoms. The van der Waals surface area contributed by atoms with E-state index >= 15 is 0 Å². The minimum absolute atomic E-state index is 0.142. The van der Waals surface area contributed by atoms with Gasteiger partial charge in [0.15, 0.2) is 5.78 Å². The lowest BCUT2D eigenvalue weighted by molar-refractivity contribution is 0.0986. The second kappa shape index (κ2) is 4.62. The van der Waals surface area contributed by atoms with Gasteiger partial charge >= 0.3 is 0 Å². The highest BCUT2D eigenvalue weighted by atomic mass is 28.4. The van der Waals surface area contributed by atoms with Crippen LogP contribution < -0.4 is 4.43 Å². The van der Waals surface area contributed by atoms with Crippen LogP contribution in [-0.2, 0) is 0 Å². The van der Waals surface area contributed by atoms with Crippen LogP contribution in [0.25, 0.3) is 0 Å². The number of rotatable bonds is 4. The van der Waals surface area contributed by atoms with Gasteiger partial charge in [-0.2, -0.15) is 0 Å². The van der Waals surface area contributed by atoms with Crippen LogP contribution in [0.1, 0.15) is 23.7 Å². The fraction of sp³-hybridized carbons (Fsp3) is 0.417. The van der Waals surface area contributed by atoms with Crippen molar-refractivity contribution in [1.29, 1.82) is 0 Å². The maximum absolute atomic E-state index is 11.7. The average molecular weight is 222 g/mol. The van der Waals surface area contributed by atoms with E-state index in [2.05, 4.69) is 19.6 Å². The predicted octanol–water partition coefficient (Wildman–Crippen LogP) is 3.49. The summed E-state index contributed by atoms with van der Waals surface area (Å²) in [6.07, 6.45) is 0.520. The second-order valence-electron chi connectivity index (χ2n) is 4.49. The zero-order valence-electron chi connectivity index (χ0n) is 9.83. The number of ketones is 1. The Kier molecular flexibility index (Phi) is 3.69. The molecule has 1 aromatic carbocycles. The molecule has 0 amide bonds. The number of carbonyl (C=O) groups is 1. The molecular formula is C12H18O2Si. The maximum Gasteiger partial charge on any atom is 0.242 e. The molecule has 0 fully saturated rings. The van der Waals surface area contributed by atoms with E-state index in [-0.39, 0.29) is 5.78 Å². The van der Waals surface area contributed by atoms with E-state index < -0.39 is 8.32 Å². The molecule has 0 bridgehead atoms. The highest BCUT2D eigenvalue weighted by molar-refractivity contribution is 6.70. The van der Waals surface area contributed by atoms with Gasteiger partial charge in [0, 0.05) is 6.42 Å². The first kappa shape index (κ1) is 12.0. The lowest BCUT2D eigenvalue weighted by Gasteiger charge is -2.21. The van der Waals surface area contributed by atoms with Gasteiger partial charge in [0.25, 0.3) is 0 Å². The van der Waals surface area contributed by atoms with Crippen molar-refractivity contribution in [2.75, 3.05) is 0 Å². The lowest BCUT2D eigenvalue weighted by Crippen LogP contribution is -2.30. The molecule has 0 saturated carbocycles. The molecule has 1 aromatic rings. The smallest absolute Gasteiger partial charge is 0.242 e. The Morgan fingerprint density at radius 2 is 1.87 bits per heavy atom. The highest BCUT2D eigenvalue weighted by Gasteiger charge is 2.19. The maximum atomic E-state index is 11.7. The van der Waals surface area contributed by atoms with Crippen molar-refractivity contribution in [3.8, 4) is 5.75 Å². The first-order valence-corrected chi connectivity index (χ1v) is 8.66. The summed E-state index contributed by atoms with van der Waals surface area (Å²) in [5, 5.41) is 0. The van der Waals surface area contributed by atoms with Crippen molar-refractivity contribution in [3.63, 3.8) is 0 Å². The van der Waals surface area contributed by atoms with E-state index in [1.807, 2.05) is 31.2 Å². The Morgan fingerprint density at radius 1 is 1.27 bits per heavy atom. The van der Waals surface area contributed by atoms with Crippen LogP contribution in [0.3, 0.4) is 0 Å². The molecule has 0 aliphatic rings. The molecular weight excluding hydrogens is 204 g/mol. The fourth-order valence-electron chi connectivity index (χ4n) is 1.31. The Hall–Kier alpha value is -1.09. The molecule has 0 aliphatic heterocycles. The van der Waals surface area contributed by atoms with Crippen molar-refractivity contribution in [2.24, 2.45) is 0 Å². The van der Waals surface area contributed by atoms with Crippen LogP contribution >= 0.6 is 0 Å². The van der Waals surface area contributed by atoms with Gasteiger partial charge in [0.05, 0.1) is 5.56 Å². The minimum Gasteiger partial charge on any atom is -0.544 e. The molecule has 0 spiro atoms. The third-order valence-corrected chi connectivity index (χ3v) is 2.76. The van der Waals surface area contributed by atoms with Crippen LogP contribution in [-0.4, -0.2) is 14.1 Å². The fourth-order valence-corrected chi connectivity index (χ4v) is 2.14. The lowest BCUT2D eigenvalue weighted by atomic mass is 10.1. The van der Waals surface area contributed by atoms with Crippen molar-refractivity contribution in [2.45, 2.75) is 33.0 Å². The molecule has 2 nitrogen and oxygen atoms in total. The van der Waals surface area contributed by atoms with Crippen LogP contribution in [0.2, 0.25) is 19.6 Å². The number of para-hydroxylation sites is 1. The first-order valence-electron chi connectivity index (χ1n) is 5.25. The van der Waals surface area contributed by atoms with Gasteiger partial charge in [-0.15, -0.1) is 0 Å². The van der Waals surface area contributed by atoms with Crippen molar-refractivity contribution >= 4 is 14.1 Å². The topological polar surface area (TPSA) is 26.3 Å². The summed E-state index contributed by atoms with van der Waals surface area (Å²) in [7, 11) is -1.64. The summed E-state index contributed by atoms with van der Waals surface area (Å²) in [5.74, 6) is 0.882. The third-order valence-electron chi connectivity index (χ3n) is 1.92. The Balaban J connectivity index is 3.02. The summed E-state index contributed by atoms with van der Waals surface area (Å²) in [5.41, 5.74) is 0.711. The zero-order valence-corrected chi connectivity index (χ0v) is 10.8. The quantitative estimate of drug-likeness (QED) is 0.576. The average Bonchev–Trinajstić information content (AvgIpc) is 2.15. The van der Waals surface area contributed by atoms with Crippen LogP contribution in [0.15, 0.2) is 24.3 Å². The summed E-state index contributed by atoms with van der Waals surface area (Å²) in [4.78, 5) is 11.7. The monoisotopic (exact) mass is 222 g/mol. The van der Waals surface area contributed by atoms with E-state index in [9.17, 15) is 4.79 Å². The number of Topliss-reactive ketones (excluding diaryl/α,β-unsaturated/α-hetero) is 1. The van der Waals surface area contributed by atoms with Gasteiger partial charge in [0.1, 0.15) is 5.75 Å². The van der Waals surface area contributed by atoms with E-state index in [0.29, 0.717) is 12.0 Å². The van der Waals surface area contributed by atoms with Gasteiger partial charge in [-0.25, -0.2) is 0 Å². The molecule has 0 aromatic heterocycles. The number of hydrogen-bond donors (Lipinski definition) is 0. The first-order chi connectivity index (χ1) is 6.94. The highest BCUT2D eigenvalue weighted by Crippen LogP contribution is 2.22. The normalized spacial score (nSPS) is 11.2. The number of hydrogen-bond acceptors (Lipinski definition) is 2. The van der Waals surface area contributed by atoms with E-state index in [1.54, 1.807) is 0 Å². The van der Waals surface area contributed by atoms with E-state index in [0.717, 1.165) is 5.75 Å². The molecule has 0 N–H and O–H groups in total. The molecule has 0 radical (unpaired) electrons. The molecule has 0 atom stereocenters. The Labute approximate surface area is 92.4 Å². The Bertz CT molecular complexity index is 353. The molecule has 3 heteroatoms. The Morgan fingerprint density at radius 3 is 2.40 bits per heavy atom. The van der Waals surface area contributed by atoms with E-state index in [4.69, 9.17) is 4.43 Å². The van der Waals surface area contributed by atoms with Crippen LogP contribution in [0.4, 0.5) is 0 Å². The van der Waals surface area contributed by atoms with Gasteiger partial charge in [-0.3, -0.25) is 4.79 Å². The van der Waals surface area contributed by atoms with Crippen LogP contribution in [0.5, 0.6) is 5.75 Å². The summed E-state index contributed by atoms with van der Waals surface area (Å²) >= 11 is 0. The zero-order chi connectivity index (χ0) is 11.5. The largest absolute Gasteiger partial charge is 0.544 e. The summed E-state index contributed by atoms with van der Waals surface area (Å²) in [6.45, 7) is 8.20. The predicted molar refractivity (Wildman–Crippen MR) is 65.0 cm³/mol. The third kappa shape index (κ3) is 3.51. The molecule has 0 heterocycles. The van der Waals surface area contributed by atoms with Crippen molar-refractivity contribution in [1.82, 2.24) is 0 Å². The summed E-state index contributed by atoms with van der Waals surface area (Å²) < 4.78 is 5.87. The molecule has 1 rings (SSSR count). The summed E-state index contributed by atoms with van der Waals surface area (Å²) in [6, 6.07) is 7.49. The number of benzene rings is 1. The second-order valence-corrected chi connectivity index (χ2v) is 8.92. The van der Waals surface area contributed by atoms with E-state index in [1.165, 1.54) is 0 Å². The van der Waals surface area contributed by atoms with Crippen molar-refractivity contribution in [3.05, 3.63) is 29.8 Å². The molecule has 0 saturated heterocycles. The molecule has 0 aliphatic carbocycles. The molecule has 0 unspecified atom stereocenters. The van der Waals surface area contributed by atoms with Gasteiger partial charge in [-0.1, -0.05) is 19.1 Å². The minimum atomic E-state index is -1.64. The molecule has 82 valence electrons. The SMILES string of the molecule is CCC(=O)c1ccccc1O[Si](C)(C)C. The van der Waals surface area contributed by atoms with Gasteiger partial charge in [0.2, 0.25) is 8.32 Å². The van der Waals surface area contributed by atoms with Crippen molar-refractivity contribution < 1.29 is 9.22 Å².